The van der Waals surface area contributed by atoms with Crippen LogP contribution in [0.4, 0.5) is 13.2 Å². The number of hydrogen-bond donors (Lipinski definition) is 0. The fraction of sp³-hybridized carbons (Fsp3) is 0.857. The first-order chi connectivity index (χ1) is 5.69. The van der Waals surface area contributed by atoms with Crippen molar-refractivity contribution in [3.8, 4) is 0 Å². The number of halogens is 3. The maximum absolute atomic E-state index is 11.7. The van der Waals surface area contributed by atoms with Crippen LogP contribution < -0.4 is 0 Å². The quantitative estimate of drug-likeness (QED) is 0.648. The van der Waals surface area contributed by atoms with Crippen LogP contribution in [0.3, 0.4) is 0 Å². The molecule has 0 saturated carbocycles. The van der Waals surface area contributed by atoms with Crippen LogP contribution in [0.5, 0.6) is 0 Å². The number of carbonyl (C=O) groups is 1. The third kappa shape index (κ3) is 4.72. The lowest BCUT2D eigenvalue weighted by Crippen LogP contribution is -2.39. The zero-order valence-corrected chi connectivity index (χ0v) is 7.57. The summed E-state index contributed by atoms with van der Waals surface area (Å²) < 4.78 is 43.6. The Morgan fingerprint density at radius 1 is 1.31 bits per heavy atom. The maximum Gasteiger partial charge on any atom is 0.411 e. The molecule has 0 radical (unpaired) electrons. The number of methoxy groups -OCH3 is 1. The van der Waals surface area contributed by atoms with Crippen molar-refractivity contribution in [1.82, 2.24) is 0 Å². The lowest BCUT2D eigenvalue weighted by molar-refractivity contribution is -0.208. The molecular weight excluding hydrogens is 189 g/mol. The SMILES string of the molecule is COC(=O)C(C)(C)OCC(F)(F)F. The van der Waals surface area contributed by atoms with Gasteiger partial charge in [-0.05, 0) is 13.8 Å². The number of carbonyl (C=O) groups excluding carboxylic acids is 1. The Hall–Kier alpha value is -0.780. The van der Waals surface area contributed by atoms with Gasteiger partial charge in [0.2, 0.25) is 0 Å². The molecule has 0 aromatic rings. The Bertz CT molecular complexity index is 186. The lowest BCUT2D eigenvalue weighted by atomic mass is 10.1. The van der Waals surface area contributed by atoms with Crippen molar-refractivity contribution in [3.63, 3.8) is 0 Å². The van der Waals surface area contributed by atoms with E-state index in [-0.39, 0.29) is 0 Å². The number of rotatable bonds is 3. The van der Waals surface area contributed by atoms with Gasteiger partial charge in [0.1, 0.15) is 6.61 Å². The minimum atomic E-state index is -4.44. The summed E-state index contributed by atoms with van der Waals surface area (Å²) in [4.78, 5) is 10.8. The van der Waals surface area contributed by atoms with Gasteiger partial charge in [-0.25, -0.2) is 4.79 Å². The molecule has 0 aromatic heterocycles. The largest absolute Gasteiger partial charge is 0.467 e. The van der Waals surface area contributed by atoms with Crippen LogP contribution in [0.25, 0.3) is 0 Å². The molecule has 13 heavy (non-hydrogen) atoms. The Morgan fingerprint density at radius 2 is 1.77 bits per heavy atom. The molecule has 0 spiro atoms. The van der Waals surface area contributed by atoms with Gasteiger partial charge >= 0.3 is 12.1 Å². The van der Waals surface area contributed by atoms with Crippen LogP contribution in [0, 0.1) is 0 Å². The highest BCUT2D eigenvalue weighted by molar-refractivity contribution is 5.78. The van der Waals surface area contributed by atoms with Crippen molar-refractivity contribution in [2.24, 2.45) is 0 Å². The Kier molecular flexibility index (Phi) is 3.71. The van der Waals surface area contributed by atoms with Gasteiger partial charge in [0, 0.05) is 0 Å². The normalized spacial score (nSPS) is 12.8. The Labute approximate surface area is 73.8 Å². The molecule has 0 atom stereocenters. The highest BCUT2D eigenvalue weighted by Gasteiger charge is 2.36. The van der Waals surface area contributed by atoms with E-state index in [9.17, 15) is 18.0 Å². The second-order valence-electron chi connectivity index (χ2n) is 2.91. The van der Waals surface area contributed by atoms with Gasteiger partial charge in [0.15, 0.2) is 5.60 Å². The van der Waals surface area contributed by atoms with Crippen molar-refractivity contribution in [3.05, 3.63) is 0 Å². The molecule has 0 bridgehead atoms. The minimum Gasteiger partial charge on any atom is -0.467 e. The summed E-state index contributed by atoms with van der Waals surface area (Å²) in [6.45, 7) is 0.963. The molecule has 0 fully saturated rings. The van der Waals surface area contributed by atoms with Crippen molar-refractivity contribution in [2.75, 3.05) is 13.7 Å². The van der Waals surface area contributed by atoms with E-state index in [4.69, 9.17) is 0 Å². The molecule has 3 nitrogen and oxygen atoms in total. The highest BCUT2D eigenvalue weighted by Crippen LogP contribution is 2.19. The predicted octanol–water partition coefficient (Wildman–Crippen LogP) is 1.52. The van der Waals surface area contributed by atoms with Crippen LogP contribution in [0.1, 0.15) is 13.8 Å². The number of esters is 1. The first-order valence-electron chi connectivity index (χ1n) is 3.48. The highest BCUT2D eigenvalue weighted by atomic mass is 19.4. The van der Waals surface area contributed by atoms with Crippen molar-refractivity contribution < 1.29 is 27.4 Å². The van der Waals surface area contributed by atoms with Gasteiger partial charge in [-0.15, -0.1) is 0 Å². The van der Waals surface area contributed by atoms with Crippen LogP contribution in [-0.2, 0) is 14.3 Å². The monoisotopic (exact) mass is 200 g/mol. The summed E-state index contributed by atoms with van der Waals surface area (Å²) >= 11 is 0. The maximum atomic E-state index is 11.7. The van der Waals surface area contributed by atoms with E-state index in [0.29, 0.717) is 0 Å². The fourth-order valence-corrected chi connectivity index (χ4v) is 0.567. The first-order valence-corrected chi connectivity index (χ1v) is 3.48. The average molecular weight is 200 g/mol. The van der Waals surface area contributed by atoms with Gasteiger partial charge in [-0.2, -0.15) is 13.2 Å². The van der Waals surface area contributed by atoms with Crippen molar-refractivity contribution >= 4 is 5.97 Å². The Morgan fingerprint density at radius 3 is 2.08 bits per heavy atom. The molecule has 0 aliphatic heterocycles. The summed E-state index contributed by atoms with van der Waals surface area (Å²) in [7, 11) is 1.08. The average Bonchev–Trinajstić information content (AvgIpc) is 1.98. The smallest absolute Gasteiger partial charge is 0.411 e. The molecule has 0 aliphatic carbocycles. The van der Waals surface area contributed by atoms with Crippen LogP contribution in [0.2, 0.25) is 0 Å². The molecule has 6 heteroatoms. The second kappa shape index (κ2) is 3.95. The van der Waals surface area contributed by atoms with E-state index >= 15 is 0 Å². The van der Waals surface area contributed by atoms with E-state index < -0.39 is 24.4 Å². The van der Waals surface area contributed by atoms with Gasteiger partial charge < -0.3 is 9.47 Å². The second-order valence-corrected chi connectivity index (χ2v) is 2.91. The number of hydrogen-bond acceptors (Lipinski definition) is 3. The minimum absolute atomic E-state index is 0.836. The summed E-state index contributed by atoms with van der Waals surface area (Å²) in [6.07, 6.45) is -4.44. The molecule has 0 rings (SSSR count). The van der Waals surface area contributed by atoms with Gasteiger partial charge in [0.05, 0.1) is 7.11 Å². The molecular formula is C7H11F3O3. The van der Waals surface area contributed by atoms with E-state index in [1.807, 2.05) is 0 Å². The molecule has 0 aromatic carbocycles. The summed E-state index contributed by atoms with van der Waals surface area (Å²) in [5.41, 5.74) is -1.57. The standard InChI is InChI=1S/C7H11F3O3/c1-6(2,5(11)12-3)13-4-7(8,9)10/h4H2,1-3H3. The van der Waals surface area contributed by atoms with Gasteiger partial charge in [-0.1, -0.05) is 0 Å². The molecule has 0 amide bonds. The van der Waals surface area contributed by atoms with E-state index in [1.54, 1.807) is 0 Å². The van der Waals surface area contributed by atoms with Crippen molar-refractivity contribution in [1.29, 1.82) is 0 Å². The molecule has 0 heterocycles. The van der Waals surface area contributed by atoms with Crippen LogP contribution >= 0.6 is 0 Å². The summed E-state index contributed by atoms with van der Waals surface area (Å²) in [5.74, 6) is -0.836. The number of alkyl halides is 3. The van der Waals surface area contributed by atoms with E-state index in [2.05, 4.69) is 9.47 Å². The molecule has 0 aliphatic rings. The molecule has 0 saturated heterocycles. The lowest BCUT2D eigenvalue weighted by Gasteiger charge is -2.22. The molecule has 0 unspecified atom stereocenters. The van der Waals surface area contributed by atoms with Gasteiger partial charge in [-0.3, -0.25) is 0 Å². The Balaban J connectivity index is 4.11. The van der Waals surface area contributed by atoms with E-state index in [0.717, 1.165) is 7.11 Å². The predicted molar refractivity (Wildman–Crippen MR) is 38.1 cm³/mol. The first kappa shape index (κ1) is 12.2. The third-order valence-electron chi connectivity index (χ3n) is 1.27. The topological polar surface area (TPSA) is 35.5 Å². The fourth-order valence-electron chi connectivity index (χ4n) is 0.567. The summed E-state index contributed by atoms with van der Waals surface area (Å²) in [5, 5.41) is 0. The zero-order chi connectivity index (χ0) is 10.7. The third-order valence-corrected chi connectivity index (χ3v) is 1.27. The van der Waals surface area contributed by atoms with Gasteiger partial charge in [0.25, 0.3) is 0 Å². The van der Waals surface area contributed by atoms with E-state index in [1.165, 1.54) is 13.8 Å². The number of ether oxygens (including phenoxy) is 2. The molecule has 0 N–H and O–H groups in total. The molecule has 78 valence electrons. The van der Waals surface area contributed by atoms with Crippen LogP contribution in [0.15, 0.2) is 0 Å². The van der Waals surface area contributed by atoms with Crippen LogP contribution in [-0.4, -0.2) is 31.5 Å². The van der Waals surface area contributed by atoms with Crippen molar-refractivity contribution in [2.45, 2.75) is 25.6 Å². The zero-order valence-electron chi connectivity index (χ0n) is 7.57. The summed E-state index contributed by atoms with van der Waals surface area (Å²) in [6, 6.07) is 0.